The minimum absolute atomic E-state index is 0.00178. The lowest BCUT2D eigenvalue weighted by atomic mass is 10.1. The van der Waals surface area contributed by atoms with Crippen molar-refractivity contribution in [2.75, 3.05) is 5.73 Å². The van der Waals surface area contributed by atoms with Gasteiger partial charge in [-0.1, -0.05) is 0 Å². The number of benzene rings is 1. The molecular weight excluding hydrogens is 282 g/mol. The van der Waals surface area contributed by atoms with Crippen molar-refractivity contribution in [1.29, 1.82) is 0 Å². The Morgan fingerprint density at radius 3 is 2.05 bits per heavy atom. The van der Waals surface area contributed by atoms with Crippen LogP contribution in [0.5, 0.6) is 0 Å². The van der Waals surface area contributed by atoms with Gasteiger partial charge in [0.05, 0.1) is 5.56 Å². The number of aryl methyl sites for hydroxylation is 1. The molecule has 106 valence electrons. The zero-order chi connectivity index (χ0) is 15.2. The summed E-state index contributed by atoms with van der Waals surface area (Å²) in [4.78, 5) is 10.6. The number of aromatic nitrogens is 2. The van der Waals surface area contributed by atoms with Crippen LogP contribution in [0.1, 0.15) is 10.4 Å². The van der Waals surface area contributed by atoms with Gasteiger partial charge in [0.15, 0.2) is 23.3 Å². The molecule has 0 saturated heterocycles. The highest BCUT2D eigenvalue weighted by Gasteiger charge is 2.30. The zero-order valence-electron chi connectivity index (χ0n) is 9.92. The molecule has 9 heteroatoms. The first-order chi connectivity index (χ1) is 9.25. The molecule has 5 nitrogen and oxygen atoms in total. The maximum Gasteiger partial charge on any atom is 0.341 e. The van der Waals surface area contributed by atoms with Crippen LogP contribution in [0.15, 0.2) is 6.07 Å². The van der Waals surface area contributed by atoms with Gasteiger partial charge in [-0.15, -0.1) is 0 Å². The van der Waals surface area contributed by atoms with Crippen molar-refractivity contribution in [3.8, 4) is 11.3 Å². The minimum atomic E-state index is -2.12. The van der Waals surface area contributed by atoms with E-state index in [1.54, 1.807) is 0 Å². The van der Waals surface area contributed by atoms with Crippen LogP contribution in [0.4, 0.5) is 23.4 Å². The number of rotatable bonds is 2. The topological polar surface area (TPSA) is 81.1 Å². The van der Waals surface area contributed by atoms with E-state index in [9.17, 15) is 22.4 Å². The third kappa shape index (κ3) is 1.87. The molecule has 0 aliphatic heterocycles. The minimum Gasteiger partial charge on any atom is -0.477 e. The van der Waals surface area contributed by atoms with Gasteiger partial charge < -0.3 is 10.8 Å². The number of hydrogen-bond donors (Lipinski definition) is 2. The molecule has 3 N–H and O–H groups in total. The van der Waals surface area contributed by atoms with E-state index >= 15 is 0 Å². The molecule has 0 atom stereocenters. The molecule has 20 heavy (non-hydrogen) atoms. The molecule has 0 aliphatic carbocycles. The van der Waals surface area contributed by atoms with Gasteiger partial charge in [-0.25, -0.2) is 22.4 Å². The number of aromatic carboxylic acids is 1. The monoisotopic (exact) mass is 289 g/mol. The fourth-order valence-corrected chi connectivity index (χ4v) is 1.65. The molecule has 1 aromatic heterocycles. The van der Waals surface area contributed by atoms with E-state index in [2.05, 4.69) is 5.10 Å². The number of carboxylic acid groups (broad SMARTS) is 1. The first-order valence-corrected chi connectivity index (χ1v) is 5.14. The van der Waals surface area contributed by atoms with Crippen LogP contribution in [-0.2, 0) is 7.05 Å². The number of nitrogen functional groups attached to an aromatic ring is 1. The van der Waals surface area contributed by atoms with Crippen LogP contribution in [0.3, 0.4) is 0 Å². The van der Waals surface area contributed by atoms with E-state index in [1.165, 1.54) is 7.05 Å². The molecule has 1 aromatic carbocycles. The average Bonchev–Trinajstić information content (AvgIpc) is 2.67. The standard InChI is InChI=1S/C11H7F4N3O2/c1-18-4(16)2-3(17-18)5-7(12)9(14)6(11(19)20)10(15)8(5)13/h2H,16H2,1H3,(H,19,20). The van der Waals surface area contributed by atoms with Gasteiger partial charge in [0.2, 0.25) is 0 Å². The van der Waals surface area contributed by atoms with Crippen molar-refractivity contribution >= 4 is 11.8 Å². The second-order valence-electron chi connectivity index (χ2n) is 3.89. The number of halogens is 4. The van der Waals surface area contributed by atoms with Crippen LogP contribution >= 0.6 is 0 Å². The summed E-state index contributed by atoms with van der Waals surface area (Å²) >= 11 is 0. The summed E-state index contributed by atoms with van der Waals surface area (Å²) in [5, 5.41) is 12.1. The Hall–Kier alpha value is -2.58. The lowest BCUT2D eigenvalue weighted by Crippen LogP contribution is -2.11. The summed E-state index contributed by atoms with van der Waals surface area (Å²) in [6.07, 6.45) is 0. The summed E-state index contributed by atoms with van der Waals surface area (Å²) in [6.45, 7) is 0. The fraction of sp³-hybridized carbons (Fsp3) is 0.0909. The van der Waals surface area contributed by atoms with E-state index < -0.39 is 46.1 Å². The van der Waals surface area contributed by atoms with Gasteiger partial charge >= 0.3 is 5.97 Å². The van der Waals surface area contributed by atoms with Crippen molar-refractivity contribution in [3.05, 3.63) is 34.9 Å². The summed E-state index contributed by atoms with van der Waals surface area (Å²) in [5.41, 5.74) is 2.14. The number of nitrogens with two attached hydrogens (primary N) is 1. The molecule has 2 aromatic rings. The average molecular weight is 289 g/mol. The van der Waals surface area contributed by atoms with Crippen LogP contribution in [-0.4, -0.2) is 20.9 Å². The Morgan fingerprint density at radius 2 is 1.70 bits per heavy atom. The largest absolute Gasteiger partial charge is 0.477 e. The smallest absolute Gasteiger partial charge is 0.341 e. The van der Waals surface area contributed by atoms with Gasteiger partial charge in [0.25, 0.3) is 0 Å². The fourth-order valence-electron chi connectivity index (χ4n) is 1.65. The van der Waals surface area contributed by atoms with Crippen molar-refractivity contribution in [2.24, 2.45) is 7.05 Å². The summed E-state index contributed by atoms with van der Waals surface area (Å²) in [5.74, 6) is -9.82. The Balaban J connectivity index is 2.82. The van der Waals surface area contributed by atoms with Gasteiger partial charge in [0, 0.05) is 13.1 Å². The van der Waals surface area contributed by atoms with Crippen LogP contribution in [0.2, 0.25) is 0 Å². The maximum absolute atomic E-state index is 13.8. The lowest BCUT2D eigenvalue weighted by molar-refractivity contribution is 0.0683. The third-order valence-corrected chi connectivity index (χ3v) is 2.65. The lowest BCUT2D eigenvalue weighted by Gasteiger charge is -2.07. The van der Waals surface area contributed by atoms with Crippen LogP contribution in [0.25, 0.3) is 11.3 Å². The quantitative estimate of drug-likeness (QED) is 0.653. The molecule has 0 amide bonds. The number of carboxylic acids is 1. The number of hydrogen-bond acceptors (Lipinski definition) is 3. The highest BCUT2D eigenvalue weighted by Crippen LogP contribution is 2.32. The molecule has 2 rings (SSSR count). The second-order valence-corrected chi connectivity index (χ2v) is 3.89. The van der Waals surface area contributed by atoms with E-state index in [-0.39, 0.29) is 5.82 Å². The summed E-state index contributed by atoms with van der Waals surface area (Å²) in [6, 6.07) is 1.00. The van der Waals surface area contributed by atoms with E-state index in [0.29, 0.717) is 0 Å². The van der Waals surface area contributed by atoms with Gasteiger partial charge in [-0.2, -0.15) is 5.10 Å². The highest BCUT2D eigenvalue weighted by atomic mass is 19.2. The van der Waals surface area contributed by atoms with E-state index in [0.717, 1.165) is 10.7 Å². The van der Waals surface area contributed by atoms with E-state index in [1.807, 2.05) is 0 Å². The van der Waals surface area contributed by atoms with Gasteiger partial charge in [-0.05, 0) is 0 Å². The molecule has 1 heterocycles. The molecule has 0 fully saturated rings. The Morgan fingerprint density at radius 1 is 1.20 bits per heavy atom. The van der Waals surface area contributed by atoms with Crippen molar-refractivity contribution in [1.82, 2.24) is 9.78 Å². The molecule has 0 unspecified atom stereocenters. The van der Waals surface area contributed by atoms with Crippen molar-refractivity contribution in [3.63, 3.8) is 0 Å². The normalized spacial score (nSPS) is 10.8. The first-order valence-electron chi connectivity index (χ1n) is 5.14. The summed E-state index contributed by atoms with van der Waals surface area (Å²) < 4.78 is 55.6. The number of anilines is 1. The molecule has 0 bridgehead atoms. The van der Waals surface area contributed by atoms with Crippen LogP contribution in [0, 0.1) is 23.3 Å². The Kier molecular flexibility index (Phi) is 3.12. The molecule has 0 saturated carbocycles. The molecule has 0 spiro atoms. The predicted molar refractivity (Wildman–Crippen MR) is 59.8 cm³/mol. The Labute approximate surface area is 109 Å². The van der Waals surface area contributed by atoms with Crippen LogP contribution < -0.4 is 5.73 Å². The number of nitrogens with zero attached hydrogens (tertiary/aromatic N) is 2. The zero-order valence-corrected chi connectivity index (χ0v) is 9.92. The van der Waals surface area contributed by atoms with Crippen molar-refractivity contribution < 1.29 is 27.5 Å². The molecular formula is C11H7F4N3O2. The predicted octanol–water partition coefficient (Wildman–Crippen LogP) is 1.92. The van der Waals surface area contributed by atoms with E-state index in [4.69, 9.17) is 10.8 Å². The Bertz CT molecular complexity index is 678. The first kappa shape index (κ1) is 13.8. The SMILES string of the molecule is Cn1nc(-c2c(F)c(F)c(C(=O)O)c(F)c2F)cc1N. The van der Waals surface area contributed by atoms with Crippen molar-refractivity contribution in [2.45, 2.75) is 0 Å². The molecule has 0 aliphatic rings. The van der Waals surface area contributed by atoms with Gasteiger partial charge in [-0.3, -0.25) is 4.68 Å². The second kappa shape index (κ2) is 4.51. The summed E-state index contributed by atoms with van der Waals surface area (Å²) in [7, 11) is 1.35. The third-order valence-electron chi connectivity index (χ3n) is 2.65. The van der Waals surface area contributed by atoms with Gasteiger partial charge in [0.1, 0.15) is 17.1 Å². The number of carbonyl (C=O) groups is 1. The maximum atomic E-state index is 13.8. The highest BCUT2D eigenvalue weighted by molar-refractivity contribution is 5.89. The molecule has 0 radical (unpaired) electrons.